The Labute approximate surface area is 188 Å². The number of carbonyl (C=O) groups is 2. The van der Waals surface area contributed by atoms with E-state index in [9.17, 15) is 9.59 Å². The Balaban J connectivity index is 1.51. The zero-order valence-corrected chi connectivity index (χ0v) is 18.2. The molecule has 0 spiro atoms. The molecule has 1 fully saturated rings. The van der Waals surface area contributed by atoms with E-state index in [-0.39, 0.29) is 18.6 Å². The molecule has 0 radical (unpaired) electrons. The number of amides is 2. The van der Waals surface area contributed by atoms with Crippen LogP contribution in [0.2, 0.25) is 0 Å². The van der Waals surface area contributed by atoms with Crippen LogP contribution in [0.4, 0.5) is 4.79 Å². The van der Waals surface area contributed by atoms with Gasteiger partial charge in [0.1, 0.15) is 5.60 Å². The van der Waals surface area contributed by atoms with Gasteiger partial charge in [-0.1, -0.05) is 84.9 Å². The monoisotopic (exact) mass is 428 g/mol. The Morgan fingerprint density at radius 2 is 1.56 bits per heavy atom. The largest absolute Gasteiger partial charge is 0.438 e. The Morgan fingerprint density at radius 1 is 0.969 bits per heavy atom. The molecule has 0 bridgehead atoms. The van der Waals surface area contributed by atoms with Crippen molar-refractivity contribution in [1.82, 2.24) is 4.90 Å². The molecule has 0 aliphatic carbocycles. The molecule has 3 aromatic carbocycles. The van der Waals surface area contributed by atoms with Gasteiger partial charge in [-0.05, 0) is 29.2 Å². The number of nitrogens with two attached hydrogens (primary N) is 1. The number of nitrogens with zero attached hydrogens (tertiary/aromatic N) is 1. The molecule has 3 aromatic rings. The molecule has 0 aromatic heterocycles. The van der Waals surface area contributed by atoms with E-state index in [1.807, 2.05) is 55.5 Å². The fourth-order valence-corrected chi connectivity index (χ4v) is 4.38. The molecule has 1 aliphatic heterocycles. The van der Waals surface area contributed by atoms with Crippen LogP contribution in [0.15, 0.2) is 84.9 Å². The van der Waals surface area contributed by atoms with Gasteiger partial charge in [0.25, 0.3) is 0 Å². The maximum atomic E-state index is 13.1. The summed E-state index contributed by atoms with van der Waals surface area (Å²) in [7, 11) is 0. The lowest BCUT2D eigenvalue weighted by atomic mass is 9.84. The molecule has 5 heteroatoms. The van der Waals surface area contributed by atoms with Gasteiger partial charge in [0.05, 0.1) is 6.04 Å². The lowest BCUT2D eigenvalue weighted by Crippen LogP contribution is -2.49. The van der Waals surface area contributed by atoms with Gasteiger partial charge in [0.2, 0.25) is 5.91 Å². The SMILES string of the molecule is C[C@@H](c1ccc(-c2ccccc2)cc1)N1CC[C@](CCC(N)=O)(c2ccccc2)OC1=O. The van der Waals surface area contributed by atoms with Gasteiger partial charge in [0.15, 0.2) is 0 Å². The maximum Gasteiger partial charge on any atom is 0.411 e. The van der Waals surface area contributed by atoms with E-state index >= 15 is 0 Å². The molecule has 1 saturated heterocycles. The number of hydrogen-bond acceptors (Lipinski definition) is 3. The fourth-order valence-electron chi connectivity index (χ4n) is 4.38. The number of ether oxygens (including phenoxy) is 1. The van der Waals surface area contributed by atoms with E-state index in [1.165, 1.54) is 0 Å². The van der Waals surface area contributed by atoms with Crippen molar-refractivity contribution in [3.8, 4) is 11.1 Å². The highest BCUT2D eigenvalue weighted by Crippen LogP contribution is 2.40. The molecule has 4 rings (SSSR count). The Hall–Kier alpha value is -3.60. The third kappa shape index (κ3) is 4.52. The van der Waals surface area contributed by atoms with Gasteiger partial charge in [-0.2, -0.15) is 0 Å². The molecule has 5 nitrogen and oxygen atoms in total. The minimum atomic E-state index is -0.833. The first-order valence-electron chi connectivity index (χ1n) is 11.0. The van der Waals surface area contributed by atoms with Crippen LogP contribution < -0.4 is 5.73 Å². The summed E-state index contributed by atoms with van der Waals surface area (Å²) in [5.74, 6) is -0.398. The van der Waals surface area contributed by atoms with Gasteiger partial charge < -0.3 is 15.4 Å². The third-order valence-electron chi connectivity index (χ3n) is 6.32. The van der Waals surface area contributed by atoms with Crippen LogP contribution in [-0.2, 0) is 15.1 Å². The number of benzene rings is 3. The van der Waals surface area contributed by atoms with Gasteiger partial charge in [0, 0.05) is 25.8 Å². The molecule has 164 valence electrons. The molecule has 1 aliphatic rings. The van der Waals surface area contributed by atoms with E-state index in [4.69, 9.17) is 10.5 Å². The number of cyclic esters (lactones) is 1. The van der Waals surface area contributed by atoms with Crippen molar-refractivity contribution in [3.63, 3.8) is 0 Å². The highest BCUT2D eigenvalue weighted by molar-refractivity contribution is 5.74. The first kappa shape index (κ1) is 21.6. The standard InChI is InChI=1S/C27H28N2O3/c1-20(21-12-14-23(15-13-21)22-8-4-2-5-9-22)29-19-18-27(32-26(29)31,17-16-25(28)30)24-10-6-3-7-11-24/h2-15,20H,16-19H2,1H3,(H2,28,30)/t20-,27+/m0/s1. The summed E-state index contributed by atoms with van der Waals surface area (Å²) in [6.45, 7) is 2.55. The van der Waals surface area contributed by atoms with Crippen molar-refractivity contribution in [2.45, 2.75) is 37.8 Å². The zero-order valence-electron chi connectivity index (χ0n) is 18.2. The van der Waals surface area contributed by atoms with Crippen molar-refractivity contribution in [3.05, 3.63) is 96.1 Å². The molecule has 1 heterocycles. The molecule has 0 saturated carbocycles. The average Bonchev–Trinajstić information content (AvgIpc) is 2.83. The fraction of sp³-hybridized carbons (Fsp3) is 0.259. The molecular formula is C27H28N2O3. The Morgan fingerprint density at radius 3 is 2.16 bits per heavy atom. The quantitative estimate of drug-likeness (QED) is 0.546. The van der Waals surface area contributed by atoms with E-state index in [2.05, 4.69) is 36.4 Å². The first-order chi connectivity index (χ1) is 15.5. The van der Waals surface area contributed by atoms with Crippen molar-refractivity contribution in [2.75, 3.05) is 6.54 Å². The lowest BCUT2D eigenvalue weighted by Gasteiger charge is -2.43. The summed E-state index contributed by atoms with van der Waals surface area (Å²) < 4.78 is 6.04. The summed E-state index contributed by atoms with van der Waals surface area (Å²) in [4.78, 5) is 26.3. The van der Waals surface area contributed by atoms with Crippen LogP contribution in [0.5, 0.6) is 0 Å². The summed E-state index contributed by atoms with van der Waals surface area (Å²) in [6.07, 6.45) is 0.775. The van der Waals surface area contributed by atoms with Gasteiger partial charge >= 0.3 is 6.09 Å². The number of hydrogen-bond donors (Lipinski definition) is 1. The number of carbonyl (C=O) groups excluding carboxylic acids is 2. The summed E-state index contributed by atoms with van der Waals surface area (Å²) in [5, 5.41) is 0. The van der Waals surface area contributed by atoms with Gasteiger partial charge in [-0.3, -0.25) is 4.79 Å². The van der Waals surface area contributed by atoms with Crippen LogP contribution in [0.3, 0.4) is 0 Å². The topological polar surface area (TPSA) is 72.6 Å². The summed E-state index contributed by atoms with van der Waals surface area (Å²) in [6, 6.07) is 28.0. The van der Waals surface area contributed by atoms with Crippen LogP contribution in [-0.4, -0.2) is 23.4 Å². The Kier molecular flexibility index (Phi) is 6.26. The molecule has 32 heavy (non-hydrogen) atoms. The number of rotatable bonds is 7. The van der Waals surface area contributed by atoms with Crippen molar-refractivity contribution in [2.24, 2.45) is 5.73 Å². The highest BCUT2D eigenvalue weighted by atomic mass is 16.6. The molecule has 2 N–H and O–H groups in total. The lowest BCUT2D eigenvalue weighted by molar-refractivity contribution is -0.121. The van der Waals surface area contributed by atoms with Gasteiger partial charge in [-0.15, -0.1) is 0 Å². The second-order valence-electron chi connectivity index (χ2n) is 8.30. The highest BCUT2D eigenvalue weighted by Gasteiger charge is 2.43. The summed E-state index contributed by atoms with van der Waals surface area (Å²) >= 11 is 0. The van der Waals surface area contributed by atoms with Crippen LogP contribution in [0.25, 0.3) is 11.1 Å². The van der Waals surface area contributed by atoms with Crippen LogP contribution in [0.1, 0.15) is 43.4 Å². The van der Waals surface area contributed by atoms with Crippen LogP contribution >= 0.6 is 0 Å². The minimum absolute atomic E-state index is 0.128. The number of primary amides is 1. The van der Waals surface area contributed by atoms with E-state index in [0.29, 0.717) is 19.4 Å². The van der Waals surface area contributed by atoms with Crippen LogP contribution in [0, 0.1) is 0 Å². The van der Waals surface area contributed by atoms with E-state index < -0.39 is 11.5 Å². The predicted molar refractivity (Wildman–Crippen MR) is 125 cm³/mol. The predicted octanol–water partition coefficient (Wildman–Crippen LogP) is 5.42. The average molecular weight is 429 g/mol. The molecule has 0 unspecified atom stereocenters. The smallest absolute Gasteiger partial charge is 0.411 e. The second kappa shape index (κ2) is 9.27. The van der Waals surface area contributed by atoms with Crippen molar-refractivity contribution < 1.29 is 14.3 Å². The second-order valence-corrected chi connectivity index (χ2v) is 8.30. The normalized spacial score (nSPS) is 19.3. The Bertz CT molecular complexity index is 1070. The van der Waals surface area contributed by atoms with Gasteiger partial charge in [-0.25, -0.2) is 4.79 Å². The zero-order chi connectivity index (χ0) is 22.6. The summed E-state index contributed by atoms with van der Waals surface area (Å²) in [5.41, 5.74) is 8.80. The molecular weight excluding hydrogens is 400 g/mol. The van der Waals surface area contributed by atoms with Crippen molar-refractivity contribution >= 4 is 12.0 Å². The van der Waals surface area contributed by atoms with E-state index in [0.717, 1.165) is 22.3 Å². The third-order valence-corrected chi connectivity index (χ3v) is 6.32. The van der Waals surface area contributed by atoms with Crippen molar-refractivity contribution in [1.29, 1.82) is 0 Å². The minimum Gasteiger partial charge on any atom is -0.438 e. The maximum absolute atomic E-state index is 13.1. The van der Waals surface area contributed by atoms with E-state index in [1.54, 1.807) is 4.90 Å². The molecule has 2 atom stereocenters. The molecule has 2 amide bonds. The first-order valence-corrected chi connectivity index (χ1v) is 11.0.